The quantitative estimate of drug-likeness (QED) is 0.576. The molecule has 1 atom stereocenters. The van der Waals surface area contributed by atoms with Crippen LogP contribution in [-0.2, 0) is 4.79 Å². The number of alkyl halides is 1. The van der Waals surface area contributed by atoms with Gasteiger partial charge in [0.2, 0.25) is 5.91 Å². The number of rotatable bonds is 1. The third-order valence-corrected chi connectivity index (χ3v) is 1.02. The van der Waals surface area contributed by atoms with Crippen LogP contribution in [0.15, 0.2) is 0 Å². The van der Waals surface area contributed by atoms with Crippen LogP contribution >= 0.6 is 15.9 Å². The van der Waals surface area contributed by atoms with E-state index in [1.54, 1.807) is 6.92 Å². The topological polar surface area (TPSA) is 72.2 Å². The Kier molecular flexibility index (Phi) is 3.22. The molecule has 3 N–H and O–H groups in total. The first kappa shape index (κ1) is 8.42. The van der Waals surface area contributed by atoms with Crippen molar-refractivity contribution in [2.45, 2.75) is 11.8 Å². The molecule has 0 bridgehead atoms. The van der Waals surface area contributed by atoms with E-state index < -0.39 is 11.9 Å². The molecule has 0 aromatic carbocycles. The first-order chi connectivity index (χ1) is 4.04. The molecule has 0 aromatic rings. The zero-order valence-electron chi connectivity index (χ0n) is 4.85. The minimum atomic E-state index is -0.827. The second-order valence-electron chi connectivity index (χ2n) is 1.47. The fourth-order valence-corrected chi connectivity index (χ4v) is 0.335. The van der Waals surface area contributed by atoms with Gasteiger partial charge in [-0.05, 0) is 6.92 Å². The van der Waals surface area contributed by atoms with Crippen LogP contribution in [0.25, 0.3) is 0 Å². The van der Waals surface area contributed by atoms with Crippen molar-refractivity contribution < 1.29 is 9.59 Å². The molecular formula is C4H7BrN2O2. The maximum Gasteiger partial charge on any atom is 0.318 e. The Morgan fingerprint density at radius 2 is 2.11 bits per heavy atom. The predicted molar refractivity (Wildman–Crippen MR) is 36.1 cm³/mol. The summed E-state index contributed by atoms with van der Waals surface area (Å²) in [4.78, 5) is 20.1. The maximum absolute atomic E-state index is 10.5. The molecule has 0 saturated carbocycles. The van der Waals surface area contributed by atoms with Gasteiger partial charge in [-0.15, -0.1) is 0 Å². The summed E-state index contributed by atoms with van der Waals surface area (Å²) in [5, 5.41) is 1.90. The van der Waals surface area contributed by atoms with Crippen LogP contribution in [0.2, 0.25) is 0 Å². The third kappa shape index (κ3) is 3.96. The van der Waals surface area contributed by atoms with Crippen molar-refractivity contribution >= 4 is 27.9 Å². The number of hydrogen-bond donors (Lipinski definition) is 2. The minimum Gasteiger partial charge on any atom is -0.351 e. The summed E-state index contributed by atoms with van der Waals surface area (Å²) >= 11 is 2.95. The molecule has 0 aliphatic rings. The Morgan fingerprint density at radius 1 is 1.67 bits per heavy atom. The van der Waals surface area contributed by atoms with Crippen LogP contribution in [0.1, 0.15) is 6.92 Å². The molecule has 1 unspecified atom stereocenters. The Labute approximate surface area is 60.9 Å². The van der Waals surface area contributed by atoms with E-state index in [9.17, 15) is 9.59 Å². The van der Waals surface area contributed by atoms with Crippen LogP contribution < -0.4 is 11.1 Å². The first-order valence-corrected chi connectivity index (χ1v) is 3.20. The highest BCUT2D eigenvalue weighted by molar-refractivity contribution is 9.10. The molecular weight excluding hydrogens is 188 g/mol. The molecule has 5 heteroatoms. The number of amides is 3. The minimum absolute atomic E-state index is 0.384. The average molecular weight is 195 g/mol. The highest BCUT2D eigenvalue weighted by Gasteiger charge is 2.08. The van der Waals surface area contributed by atoms with Crippen molar-refractivity contribution in [3.8, 4) is 0 Å². The molecule has 0 aliphatic heterocycles. The Balaban J connectivity index is 3.64. The van der Waals surface area contributed by atoms with Gasteiger partial charge in [-0.2, -0.15) is 0 Å². The van der Waals surface area contributed by atoms with Crippen LogP contribution in [0, 0.1) is 0 Å². The van der Waals surface area contributed by atoms with Crippen molar-refractivity contribution in [2.24, 2.45) is 5.73 Å². The van der Waals surface area contributed by atoms with E-state index >= 15 is 0 Å². The molecule has 0 aliphatic carbocycles. The first-order valence-electron chi connectivity index (χ1n) is 2.28. The number of nitrogens with one attached hydrogen (secondary N) is 1. The number of nitrogens with two attached hydrogens (primary N) is 1. The second kappa shape index (κ2) is 3.45. The highest BCUT2D eigenvalue weighted by Crippen LogP contribution is 1.94. The van der Waals surface area contributed by atoms with Crippen LogP contribution in [0.3, 0.4) is 0 Å². The lowest BCUT2D eigenvalue weighted by atomic mass is 10.5. The van der Waals surface area contributed by atoms with Gasteiger partial charge in [-0.1, -0.05) is 15.9 Å². The van der Waals surface area contributed by atoms with Crippen molar-refractivity contribution in [3.63, 3.8) is 0 Å². The fraction of sp³-hybridized carbons (Fsp3) is 0.500. The summed E-state index contributed by atoms with van der Waals surface area (Å²) in [7, 11) is 0. The Morgan fingerprint density at radius 3 is 2.22 bits per heavy atom. The summed E-state index contributed by atoms with van der Waals surface area (Å²) in [5.74, 6) is -0.428. The van der Waals surface area contributed by atoms with Gasteiger partial charge in [-0.25, -0.2) is 4.79 Å². The number of hydrogen-bond acceptors (Lipinski definition) is 2. The van der Waals surface area contributed by atoms with E-state index in [0.717, 1.165) is 0 Å². The molecule has 4 nitrogen and oxygen atoms in total. The normalized spacial score (nSPS) is 12.2. The number of urea groups is 1. The van der Waals surface area contributed by atoms with E-state index in [2.05, 4.69) is 21.7 Å². The van der Waals surface area contributed by atoms with Crippen LogP contribution in [-0.4, -0.2) is 16.8 Å². The SMILES string of the molecule is CC(Br)C(=O)NC(N)=O. The lowest BCUT2D eigenvalue weighted by molar-refractivity contribution is -0.119. The lowest BCUT2D eigenvalue weighted by Gasteiger charge is -1.99. The zero-order valence-corrected chi connectivity index (χ0v) is 6.44. The molecule has 52 valence electrons. The smallest absolute Gasteiger partial charge is 0.318 e. The largest absolute Gasteiger partial charge is 0.351 e. The van der Waals surface area contributed by atoms with Crippen LogP contribution in [0.5, 0.6) is 0 Å². The van der Waals surface area contributed by atoms with Crippen molar-refractivity contribution in [1.29, 1.82) is 0 Å². The van der Waals surface area contributed by atoms with Gasteiger partial charge >= 0.3 is 6.03 Å². The molecule has 0 heterocycles. The summed E-state index contributed by atoms with van der Waals surface area (Å²) in [6.45, 7) is 1.60. The molecule has 0 aromatic heterocycles. The number of carbonyl (C=O) groups excluding carboxylic acids is 2. The van der Waals surface area contributed by atoms with E-state index in [1.165, 1.54) is 0 Å². The van der Waals surface area contributed by atoms with Gasteiger partial charge in [0.1, 0.15) is 0 Å². The predicted octanol–water partition coefficient (Wildman–Crippen LogP) is -0.0353. The summed E-state index contributed by atoms with van der Waals surface area (Å²) < 4.78 is 0. The molecule has 0 radical (unpaired) electrons. The molecule has 0 fully saturated rings. The number of imide groups is 1. The van der Waals surface area contributed by atoms with Crippen molar-refractivity contribution in [3.05, 3.63) is 0 Å². The van der Waals surface area contributed by atoms with Gasteiger partial charge < -0.3 is 5.73 Å². The maximum atomic E-state index is 10.5. The van der Waals surface area contributed by atoms with E-state index in [4.69, 9.17) is 0 Å². The average Bonchev–Trinajstić information content (AvgIpc) is 1.63. The zero-order chi connectivity index (χ0) is 7.44. The fourth-order valence-electron chi connectivity index (χ4n) is 0.221. The van der Waals surface area contributed by atoms with Crippen LogP contribution in [0.4, 0.5) is 4.79 Å². The monoisotopic (exact) mass is 194 g/mol. The summed E-state index contributed by atoms with van der Waals surface area (Å²) in [6.07, 6.45) is 0. The second-order valence-corrected chi connectivity index (χ2v) is 2.84. The molecule has 0 spiro atoms. The highest BCUT2D eigenvalue weighted by atomic mass is 79.9. The molecule has 0 saturated heterocycles. The number of halogens is 1. The summed E-state index contributed by atoms with van der Waals surface area (Å²) in [6, 6.07) is -0.827. The van der Waals surface area contributed by atoms with E-state index in [0.29, 0.717) is 0 Å². The Bertz CT molecular complexity index is 135. The molecule has 3 amide bonds. The molecule has 9 heavy (non-hydrogen) atoms. The lowest BCUT2D eigenvalue weighted by Crippen LogP contribution is -2.38. The number of carbonyl (C=O) groups is 2. The van der Waals surface area contributed by atoms with Crippen molar-refractivity contribution in [2.75, 3.05) is 0 Å². The molecule has 0 rings (SSSR count). The third-order valence-electron chi connectivity index (χ3n) is 0.608. The van der Waals surface area contributed by atoms with Gasteiger partial charge in [0, 0.05) is 0 Å². The van der Waals surface area contributed by atoms with Gasteiger partial charge in [-0.3, -0.25) is 10.1 Å². The van der Waals surface area contributed by atoms with Gasteiger partial charge in [0.25, 0.3) is 0 Å². The van der Waals surface area contributed by atoms with E-state index in [-0.39, 0.29) is 4.83 Å². The van der Waals surface area contributed by atoms with E-state index in [1.807, 2.05) is 5.32 Å². The standard InChI is InChI=1S/C4H7BrN2O2/c1-2(5)3(8)7-4(6)9/h2H,1H3,(H3,6,7,8,9). The van der Waals surface area contributed by atoms with Gasteiger partial charge in [0.15, 0.2) is 0 Å². The van der Waals surface area contributed by atoms with Crippen molar-refractivity contribution in [1.82, 2.24) is 5.32 Å². The Hall–Kier alpha value is -0.580. The number of primary amides is 1. The summed E-state index contributed by atoms with van der Waals surface area (Å²) in [5.41, 5.74) is 4.64. The van der Waals surface area contributed by atoms with Gasteiger partial charge in [0.05, 0.1) is 4.83 Å².